The Morgan fingerprint density at radius 3 is 2.48 bits per heavy atom. The number of likely N-dealkylation sites (N-methyl/N-ethyl adjacent to an activating group) is 2. The Hall–Kier alpha value is -2.91. The van der Waals surface area contributed by atoms with Gasteiger partial charge in [0, 0.05) is 48.6 Å². The molecule has 0 aliphatic carbocycles. The number of unbranched alkanes of at least 4 members (excludes halogenated alkanes) is 1. The number of H-pyrrole nitrogens is 1. The Labute approximate surface area is 173 Å². The molecule has 3 rings (SSSR count). The van der Waals surface area contributed by atoms with E-state index in [1.807, 2.05) is 38.1 Å². The molecule has 0 saturated carbocycles. The SMILES string of the molecule is Cc1cc(C)nc(N(C)CCN(C)CCCCc2c[nH]c3ccc(C#N)cc23)n1. The van der Waals surface area contributed by atoms with Gasteiger partial charge in [0.05, 0.1) is 11.6 Å². The van der Waals surface area contributed by atoms with Crippen LogP contribution < -0.4 is 4.90 Å². The van der Waals surface area contributed by atoms with Gasteiger partial charge in [-0.05, 0) is 76.5 Å². The monoisotopic (exact) mass is 390 g/mol. The van der Waals surface area contributed by atoms with Crippen molar-refractivity contribution in [3.05, 3.63) is 53.0 Å². The van der Waals surface area contributed by atoms with Crippen molar-refractivity contribution < 1.29 is 0 Å². The van der Waals surface area contributed by atoms with Crippen molar-refractivity contribution in [3.8, 4) is 6.07 Å². The molecule has 152 valence electrons. The first kappa shape index (κ1) is 20.8. The highest BCUT2D eigenvalue weighted by Crippen LogP contribution is 2.21. The molecule has 0 radical (unpaired) electrons. The topological polar surface area (TPSA) is 71.8 Å². The first-order valence-corrected chi connectivity index (χ1v) is 10.2. The molecule has 29 heavy (non-hydrogen) atoms. The Bertz CT molecular complexity index is 980. The third-order valence-electron chi connectivity index (χ3n) is 5.26. The highest BCUT2D eigenvalue weighted by molar-refractivity contribution is 5.84. The van der Waals surface area contributed by atoms with Gasteiger partial charge < -0.3 is 14.8 Å². The van der Waals surface area contributed by atoms with Crippen LogP contribution in [-0.4, -0.2) is 53.6 Å². The van der Waals surface area contributed by atoms with Crippen LogP contribution in [0.3, 0.4) is 0 Å². The molecule has 2 heterocycles. The number of anilines is 1. The van der Waals surface area contributed by atoms with E-state index < -0.39 is 0 Å². The number of nitrogens with one attached hydrogen (secondary N) is 1. The summed E-state index contributed by atoms with van der Waals surface area (Å²) in [4.78, 5) is 16.8. The largest absolute Gasteiger partial charge is 0.361 e. The van der Waals surface area contributed by atoms with Gasteiger partial charge in [0.2, 0.25) is 5.95 Å². The van der Waals surface area contributed by atoms with E-state index in [0.29, 0.717) is 0 Å². The number of aryl methyl sites for hydroxylation is 3. The summed E-state index contributed by atoms with van der Waals surface area (Å²) in [6.45, 7) is 6.96. The van der Waals surface area contributed by atoms with Gasteiger partial charge in [-0.1, -0.05) is 0 Å². The van der Waals surface area contributed by atoms with Gasteiger partial charge in [-0.25, -0.2) is 9.97 Å². The fourth-order valence-corrected chi connectivity index (χ4v) is 3.56. The van der Waals surface area contributed by atoms with Crippen LogP contribution in [0.1, 0.15) is 35.4 Å². The van der Waals surface area contributed by atoms with Crippen molar-refractivity contribution in [2.75, 3.05) is 38.6 Å². The second-order valence-electron chi connectivity index (χ2n) is 7.82. The van der Waals surface area contributed by atoms with E-state index in [0.717, 1.165) is 67.3 Å². The van der Waals surface area contributed by atoms with E-state index in [1.54, 1.807) is 0 Å². The lowest BCUT2D eigenvalue weighted by atomic mass is 10.1. The van der Waals surface area contributed by atoms with Crippen LogP contribution in [0, 0.1) is 25.2 Å². The van der Waals surface area contributed by atoms with Gasteiger partial charge in [0.25, 0.3) is 0 Å². The molecule has 0 unspecified atom stereocenters. The lowest BCUT2D eigenvalue weighted by Crippen LogP contribution is -2.32. The third-order valence-corrected chi connectivity index (χ3v) is 5.26. The first-order valence-electron chi connectivity index (χ1n) is 10.2. The predicted molar refractivity (Wildman–Crippen MR) is 118 cm³/mol. The van der Waals surface area contributed by atoms with Crippen molar-refractivity contribution in [2.45, 2.75) is 33.1 Å². The smallest absolute Gasteiger partial charge is 0.225 e. The van der Waals surface area contributed by atoms with E-state index in [9.17, 15) is 0 Å². The van der Waals surface area contributed by atoms with Crippen molar-refractivity contribution in [3.63, 3.8) is 0 Å². The maximum atomic E-state index is 9.11. The Morgan fingerprint density at radius 1 is 1.00 bits per heavy atom. The molecule has 6 heteroatoms. The number of hydrogen-bond donors (Lipinski definition) is 1. The summed E-state index contributed by atoms with van der Waals surface area (Å²) in [6, 6.07) is 10.1. The molecule has 1 N–H and O–H groups in total. The Morgan fingerprint density at radius 2 is 1.76 bits per heavy atom. The summed E-state index contributed by atoms with van der Waals surface area (Å²) in [7, 11) is 4.22. The fraction of sp³-hybridized carbons (Fsp3) is 0.435. The molecule has 6 nitrogen and oxygen atoms in total. The molecule has 0 aliphatic rings. The van der Waals surface area contributed by atoms with Crippen molar-refractivity contribution in [1.82, 2.24) is 19.9 Å². The molecule has 0 aliphatic heterocycles. The van der Waals surface area contributed by atoms with Crippen molar-refractivity contribution in [2.24, 2.45) is 0 Å². The maximum absolute atomic E-state index is 9.11. The third kappa shape index (κ3) is 5.55. The molecule has 0 bridgehead atoms. The van der Waals surface area contributed by atoms with E-state index in [4.69, 9.17) is 5.26 Å². The van der Waals surface area contributed by atoms with Crippen LogP contribution in [0.15, 0.2) is 30.5 Å². The summed E-state index contributed by atoms with van der Waals surface area (Å²) in [6.07, 6.45) is 5.38. The van der Waals surface area contributed by atoms with Crippen molar-refractivity contribution in [1.29, 1.82) is 5.26 Å². The van der Waals surface area contributed by atoms with Gasteiger partial charge in [0.15, 0.2) is 0 Å². The Balaban J connectivity index is 1.42. The average molecular weight is 391 g/mol. The van der Waals surface area contributed by atoms with Crippen molar-refractivity contribution >= 4 is 16.9 Å². The fourth-order valence-electron chi connectivity index (χ4n) is 3.56. The van der Waals surface area contributed by atoms with E-state index in [1.165, 1.54) is 10.9 Å². The highest BCUT2D eigenvalue weighted by Gasteiger charge is 2.08. The molecule has 0 spiro atoms. The second kappa shape index (κ2) is 9.53. The van der Waals surface area contributed by atoms with Crippen LogP contribution >= 0.6 is 0 Å². The Kier molecular flexibility index (Phi) is 6.84. The maximum Gasteiger partial charge on any atom is 0.225 e. The van der Waals surface area contributed by atoms with Gasteiger partial charge in [0.1, 0.15) is 0 Å². The quantitative estimate of drug-likeness (QED) is 0.562. The molecular formula is C23H30N6. The summed E-state index contributed by atoms with van der Waals surface area (Å²) in [5, 5.41) is 10.3. The predicted octanol–water partition coefficient (Wildman–Crippen LogP) is 3.84. The van der Waals surface area contributed by atoms with Crippen LogP contribution in [0.4, 0.5) is 5.95 Å². The molecular weight excluding hydrogens is 360 g/mol. The number of aromatic amines is 1. The normalized spacial score (nSPS) is 11.2. The summed E-state index contributed by atoms with van der Waals surface area (Å²) < 4.78 is 0. The number of aromatic nitrogens is 3. The first-order chi connectivity index (χ1) is 14.0. The summed E-state index contributed by atoms with van der Waals surface area (Å²) in [5.74, 6) is 0.798. The molecule has 2 aromatic heterocycles. The second-order valence-corrected chi connectivity index (χ2v) is 7.82. The zero-order valence-corrected chi connectivity index (χ0v) is 17.9. The molecule has 0 fully saturated rings. The highest BCUT2D eigenvalue weighted by atomic mass is 15.3. The molecule has 1 aromatic carbocycles. The van der Waals surface area contributed by atoms with Crippen LogP contribution in [0.2, 0.25) is 0 Å². The zero-order valence-electron chi connectivity index (χ0n) is 17.9. The van der Waals surface area contributed by atoms with Crippen LogP contribution in [0.5, 0.6) is 0 Å². The minimum absolute atomic E-state index is 0.718. The molecule has 0 amide bonds. The number of benzene rings is 1. The summed E-state index contributed by atoms with van der Waals surface area (Å²) in [5.41, 5.74) is 5.13. The minimum atomic E-state index is 0.718. The minimum Gasteiger partial charge on any atom is -0.361 e. The van der Waals surface area contributed by atoms with Crippen LogP contribution in [-0.2, 0) is 6.42 Å². The van der Waals surface area contributed by atoms with Gasteiger partial charge in [-0.15, -0.1) is 0 Å². The lowest BCUT2D eigenvalue weighted by Gasteiger charge is -2.22. The number of nitrogens with zero attached hydrogens (tertiary/aromatic N) is 5. The number of hydrogen-bond acceptors (Lipinski definition) is 5. The van der Waals surface area contributed by atoms with E-state index >= 15 is 0 Å². The van der Waals surface area contributed by atoms with E-state index in [-0.39, 0.29) is 0 Å². The standard InChI is InChI=1S/C23H30N6/c1-17-13-18(2)27-23(26-17)29(4)12-11-28(3)10-6-5-7-20-16-25-22-9-8-19(15-24)14-21(20)22/h8-9,13-14,16,25H,5-7,10-12H2,1-4H3. The molecule has 0 atom stereocenters. The lowest BCUT2D eigenvalue weighted by molar-refractivity contribution is 0.332. The zero-order chi connectivity index (χ0) is 20.8. The molecule has 3 aromatic rings. The van der Waals surface area contributed by atoms with Crippen LogP contribution in [0.25, 0.3) is 10.9 Å². The van der Waals surface area contributed by atoms with Gasteiger partial charge in [-0.3, -0.25) is 0 Å². The average Bonchev–Trinajstić information content (AvgIpc) is 3.10. The summed E-state index contributed by atoms with van der Waals surface area (Å²) >= 11 is 0. The van der Waals surface area contributed by atoms with Gasteiger partial charge >= 0.3 is 0 Å². The van der Waals surface area contributed by atoms with E-state index in [2.05, 4.69) is 51.1 Å². The number of fused-ring (bicyclic) bond motifs is 1. The number of nitriles is 1. The molecule has 0 saturated heterocycles. The van der Waals surface area contributed by atoms with Gasteiger partial charge in [-0.2, -0.15) is 5.26 Å². The number of rotatable bonds is 9.